The van der Waals surface area contributed by atoms with Crippen molar-refractivity contribution in [3.63, 3.8) is 0 Å². The van der Waals surface area contributed by atoms with Crippen LogP contribution in [0.15, 0.2) is 36.4 Å². The molecular formula is C17H19ClN2O. The first-order valence-electron chi connectivity index (χ1n) is 6.83. The summed E-state index contributed by atoms with van der Waals surface area (Å²) in [4.78, 5) is 11.7. The minimum Gasteiger partial charge on any atom is -0.380 e. The van der Waals surface area contributed by atoms with E-state index in [9.17, 15) is 4.79 Å². The number of carbonyl (C=O) groups excluding carboxylic acids is 1. The highest BCUT2D eigenvalue weighted by atomic mass is 35.5. The molecular weight excluding hydrogens is 284 g/mol. The summed E-state index contributed by atoms with van der Waals surface area (Å²) in [5, 5.41) is 6.51. The molecule has 0 radical (unpaired) electrons. The molecule has 0 saturated carbocycles. The molecule has 0 fully saturated rings. The highest BCUT2D eigenvalue weighted by molar-refractivity contribution is 6.33. The topological polar surface area (TPSA) is 41.1 Å². The zero-order valence-electron chi connectivity index (χ0n) is 12.5. The predicted octanol–water partition coefficient (Wildman–Crippen LogP) is 3.93. The van der Waals surface area contributed by atoms with Crippen LogP contribution in [0.5, 0.6) is 0 Å². The molecule has 4 heteroatoms. The van der Waals surface area contributed by atoms with E-state index in [0.717, 1.165) is 5.69 Å². The van der Waals surface area contributed by atoms with E-state index in [1.54, 1.807) is 25.2 Å². The first-order valence-corrected chi connectivity index (χ1v) is 7.20. The van der Waals surface area contributed by atoms with Gasteiger partial charge in [0.1, 0.15) is 0 Å². The second-order valence-electron chi connectivity index (χ2n) is 5.06. The Bertz CT molecular complexity index is 668. The Morgan fingerprint density at radius 1 is 1.14 bits per heavy atom. The molecule has 2 rings (SSSR count). The second kappa shape index (κ2) is 6.64. The first kappa shape index (κ1) is 15.4. The standard InChI is InChI=1S/C17H19ClN2O/c1-11-4-5-14(12(2)8-11)10-20-16-9-13(17(21)19-3)6-7-15(16)18/h4-9,20H,10H2,1-3H3,(H,19,21). The lowest BCUT2D eigenvalue weighted by atomic mass is 10.1. The Labute approximate surface area is 130 Å². The van der Waals surface area contributed by atoms with Crippen LogP contribution in [0.3, 0.4) is 0 Å². The van der Waals surface area contributed by atoms with Gasteiger partial charge in [-0.1, -0.05) is 35.4 Å². The van der Waals surface area contributed by atoms with Gasteiger partial charge in [0.2, 0.25) is 0 Å². The van der Waals surface area contributed by atoms with Gasteiger partial charge in [0.25, 0.3) is 5.91 Å². The molecule has 110 valence electrons. The molecule has 2 aromatic rings. The Balaban J connectivity index is 2.17. The van der Waals surface area contributed by atoms with Crippen LogP contribution in [0, 0.1) is 13.8 Å². The average Bonchev–Trinajstić information content (AvgIpc) is 2.47. The van der Waals surface area contributed by atoms with Gasteiger partial charge in [-0.05, 0) is 43.2 Å². The number of nitrogens with one attached hydrogen (secondary N) is 2. The maximum absolute atomic E-state index is 11.7. The summed E-state index contributed by atoms with van der Waals surface area (Å²) < 4.78 is 0. The number of hydrogen-bond acceptors (Lipinski definition) is 2. The molecule has 0 spiro atoms. The van der Waals surface area contributed by atoms with E-state index >= 15 is 0 Å². The summed E-state index contributed by atoms with van der Waals surface area (Å²) >= 11 is 6.18. The van der Waals surface area contributed by atoms with Gasteiger partial charge in [0.05, 0.1) is 10.7 Å². The van der Waals surface area contributed by atoms with Gasteiger partial charge >= 0.3 is 0 Å². The molecule has 2 N–H and O–H groups in total. The molecule has 0 aliphatic rings. The zero-order valence-corrected chi connectivity index (χ0v) is 13.2. The summed E-state index contributed by atoms with van der Waals surface area (Å²) in [7, 11) is 1.61. The van der Waals surface area contributed by atoms with Crippen LogP contribution >= 0.6 is 11.6 Å². The van der Waals surface area contributed by atoms with Crippen molar-refractivity contribution >= 4 is 23.2 Å². The number of halogens is 1. The Morgan fingerprint density at radius 2 is 1.90 bits per heavy atom. The number of hydrogen-bond donors (Lipinski definition) is 2. The molecule has 0 heterocycles. The molecule has 0 bridgehead atoms. The van der Waals surface area contributed by atoms with Crippen molar-refractivity contribution in [2.24, 2.45) is 0 Å². The Kier molecular flexibility index (Phi) is 4.86. The van der Waals surface area contributed by atoms with Crippen LogP contribution in [0.4, 0.5) is 5.69 Å². The van der Waals surface area contributed by atoms with Crippen molar-refractivity contribution < 1.29 is 4.79 Å². The zero-order chi connectivity index (χ0) is 15.4. The minimum absolute atomic E-state index is 0.124. The van der Waals surface area contributed by atoms with E-state index in [4.69, 9.17) is 11.6 Å². The Hall–Kier alpha value is -2.00. The normalized spacial score (nSPS) is 10.3. The summed E-state index contributed by atoms with van der Waals surface area (Å²) in [6.07, 6.45) is 0. The quantitative estimate of drug-likeness (QED) is 0.898. The van der Waals surface area contributed by atoms with Gasteiger partial charge < -0.3 is 10.6 Å². The number of amides is 1. The maximum atomic E-state index is 11.7. The van der Waals surface area contributed by atoms with Gasteiger partial charge in [-0.15, -0.1) is 0 Å². The lowest BCUT2D eigenvalue weighted by molar-refractivity contribution is 0.0963. The lowest BCUT2D eigenvalue weighted by Crippen LogP contribution is -2.17. The molecule has 0 atom stereocenters. The van der Waals surface area contributed by atoms with E-state index in [1.165, 1.54) is 16.7 Å². The van der Waals surface area contributed by atoms with Gasteiger partial charge in [-0.3, -0.25) is 4.79 Å². The fourth-order valence-corrected chi connectivity index (χ4v) is 2.37. The van der Waals surface area contributed by atoms with Gasteiger partial charge in [-0.25, -0.2) is 0 Å². The van der Waals surface area contributed by atoms with E-state index in [-0.39, 0.29) is 5.91 Å². The smallest absolute Gasteiger partial charge is 0.251 e. The SMILES string of the molecule is CNC(=O)c1ccc(Cl)c(NCc2ccc(C)cc2C)c1. The summed E-state index contributed by atoms with van der Waals surface area (Å²) in [6.45, 7) is 4.84. The summed E-state index contributed by atoms with van der Waals surface area (Å²) in [6, 6.07) is 11.6. The third kappa shape index (κ3) is 3.76. The van der Waals surface area contributed by atoms with Crippen LogP contribution in [-0.2, 0) is 6.54 Å². The second-order valence-corrected chi connectivity index (χ2v) is 5.46. The monoisotopic (exact) mass is 302 g/mol. The molecule has 0 aromatic heterocycles. The fraction of sp³-hybridized carbons (Fsp3) is 0.235. The molecule has 0 saturated heterocycles. The van der Waals surface area contributed by atoms with E-state index in [0.29, 0.717) is 17.1 Å². The largest absolute Gasteiger partial charge is 0.380 e. The van der Waals surface area contributed by atoms with Crippen LogP contribution in [0.1, 0.15) is 27.0 Å². The molecule has 3 nitrogen and oxygen atoms in total. The minimum atomic E-state index is -0.124. The number of carbonyl (C=O) groups is 1. The van der Waals surface area contributed by atoms with Crippen molar-refractivity contribution in [2.45, 2.75) is 20.4 Å². The molecule has 2 aromatic carbocycles. The highest BCUT2D eigenvalue weighted by Crippen LogP contribution is 2.24. The van der Waals surface area contributed by atoms with Crippen LogP contribution in [0.25, 0.3) is 0 Å². The van der Waals surface area contributed by atoms with Crippen molar-refractivity contribution in [3.05, 3.63) is 63.7 Å². The molecule has 21 heavy (non-hydrogen) atoms. The summed E-state index contributed by atoms with van der Waals surface area (Å²) in [5.74, 6) is -0.124. The summed E-state index contributed by atoms with van der Waals surface area (Å²) in [5.41, 5.74) is 5.04. The number of benzene rings is 2. The van der Waals surface area contributed by atoms with E-state index in [1.807, 2.05) is 0 Å². The van der Waals surface area contributed by atoms with Gasteiger partial charge in [0, 0.05) is 19.2 Å². The highest BCUT2D eigenvalue weighted by Gasteiger charge is 2.08. The van der Waals surface area contributed by atoms with Crippen LogP contribution in [-0.4, -0.2) is 13.0 Å². The third-order valence-electron chi connectivity index (χ3n) is 3.42. The molecule has 0 unspecified atom stereocenters. The fourth-order valence-electron chi connectivity index (χ4n) is 2.18. The number of rotatable bonds is 4. The molecule has 0 aliphatic heterocycles. The molecule has 1 amide bonds. The Morgan fingerprint density at radius 3 is 2.57 bits per heavy atom. The van der Waals surface area contributed by atoms with E-state index < -0.39 is 0 Å². The lowest BCUT2D eigenvalue weighted by Gasteiger charge is -2.12. The maximum Gasteiger partial charge on any atom is 0.251 e. The van der Waals surface area contributed by atoms with Crippen molar-refractivity contribution in [1.82, 2.24) is 5.32 Å². The average molecular weight is 303 g/mol. The number of anilines is 1. The predicted molar refractivity (Wildman–Crippen MR) is 88.1 cm³/mol. The van der Waals surface area contributed by atoms with Crippen molar-refractivity contribution in [1.29, 1.82) is 0 Å². The van der Waals surface area contributed by atoms with Gasteiger partial charge in [-0.2, -0.15) is 0 Å². The first-order chi connectivity index (χ1) is 10.0. The molecule has 0 aliphatic carbocycles. The van der Waals surface area contributed by atoms with E-state index in [2.05, 4.69) is 42.7 Å². The van der Waals surface area contributed by atoms with Crippen LogP contribution < -0.4 is 10.6 Å². The number of aryl methyl sites for hydroxylation is 2. The third-order valence-corrected chi connectivity index (χ3v) is 3.75. The van der Waals surface area contributed by atoms with Crippen molar-refractivity contribution in [3.8, 4) is 0 Å². The van der Waals surface area contributed by atoms with Gasteiger partial charge in [0.15, 0.2) is 0 Å². The van der Waals surface area contributed by atoms with Crippen LogP contribution in [0.2, 0.25) is 5.02 Å². The van der Waals surface area contributed by atoms with Crippen molar-refractivity contribution in [2.75, 3.05) is 12.4 Å².